The van der Waals surface area contributed by atoms with Crippen LogP contribution in [0, 0.1) is 0 Å². The van der Waals surface area contributed by atoms with Crippen molar-refractivity contribution in [3.05, 3.63) is 52.2 Å². The van der Waals surface area contributed by atoms with Crippen LogP contribution in [0.25, 0.3) is 0 Å². The number of thiophene rings is 1. The zero-order chi connectivity index (χ0) is 18.8. The molecule has 2 aromatic rings. The van der Waals surface area contributed by atoms with Gasteiger partial charge in [-0.25, -0.2) is 0 Å². The molecule has 26 heavy (non-hydrogen) atoms. The van der Waals surface area contributed by atoms with Gasteiger partial charge in [-0.3, -0.25) is 14.4 Å². The molecule has 0 unspecified atom stereocenters. The second-order valence-corrected chi connectivity index (χ2v) is 6.54. The monoisotopic (exact) mass is 374 g/mol. The predicted octanol–water partition coefficient (Wildman–Crippen LogP) is 2.66. The van der Waals surface area contributed by atoms with Crippen LogP contribution in [0.15, 0.2) is 41.8 Å². The number of carbonyl (C=O) groups is 3. The van der Waals surface area contributed by atoms with Gasteiger partial charge in [-0.1, -0.05) is 12.1 Å². The van der Waals surface area contributed by atoms with Crippen molar-refractivity contribution in [1.29, 1.82) is 0 Å². The van der Waals surface area contributed by atoms with Crippen molar-refractivity contribution >= 4 is 28.9 Å². The first-order chi connectivity index (χ1) is 12.6. The summed E-state index contributed by atoms with van der Waals surface area (Å²) in [6, 6.07) is 10.5. The largest absolute Gasteiger partial charge is 0.497 e. The van der Waals surface area contributed by atoms with E-state index in [1.807, 2.05) is 11.4 Å². The van der Waals surface area contributed by atoms with Crippen LogP contribution in [0.5, 0.6) is 5.75 Å². The summed E-state index contributed by atoms with van der Waals surface area (Å²) in [5.41, 5.74) is 0.503. The van der Waals surface area contributed by atoms with Crippen LogP contribution >= 0.6 is 11.3 Å². The number of methoxy groups -OCH3 is 1. The zero-order valence-corrected chi connectivity index (χ0v) is 15.4. The van der Waals surface area contributed by atoms with E-state index in [4.69, 9.17) is 4.74 Å². The lowest BCUT2D eigenvalue weighted by molar-refractivity contribution is -0.121. The van der Waals surface area contributed by atoms with Crippen LogP contribution < -0.4 is 15.4 Å². The van der Waals surface area contributed by atoms with Gasteiger partial charge in [0.1, 0.15) is 5.75 Å². The SMILES string of the molecule is COc1cccc(C(=O)NCCNC(=O)CCCC(=O)c2cccs2)c1. The first-order valence-corrected chi connectivity index (χ1v) is 9.24. The van der Waals surface area contributed by atoms with Crippen LogP contribution in [-0.4, -0.2) is 37.8 Å². The molecule has 1 heterocycles. The minimum Gasteiger partial charge on any atom is -0.497 e. The van der Waals surface area contributed by atoms with Crippen molar-refractivity contribution in [2.45, 2.75) is 19.3 Å². The Balaban J connectivity index is 1.59. The molecule has 2 rings (SSSR count). The number of hydrogen-bond acceptors (Lipinski definition) is 5. The summed E-state index contributed by atoms with van der Waals surface area (Å²) in [6.07, 6.45) is 1.17. The maximum absolute atomic E-state index is 12.0. The minimum atomic E-state index is -0.223. The number of carbonyl (C=O) groups excluding carboxylic acids is 3. The summed E-state index contributed by atoms with van der Waals surface area (Å²) in [5, 5.41) is 7.33. The van der Waals surface area contributed by atoms with Gasteiger partial charge in [0.05, 0.1) is 12.0 Å². The molecule has 2 amide bonds. The Morgan fingerprint density at radius 3 is 2.58 bits per heavy atom. The first-order valence-electron chi connectivity index (χ1n) is 8.36. The normalized spacial score (nSPS) is 10.2. The van der Waals surface area contributed by atoms with Gasteiger partial charge in [0.2, 0.25) is 5.91 Å². The van der Waals surface area contributed by atoms with E-state index in [1.54, 1.807) is 37.4 Å². The molecule has 1 aromatic heterocycles. The Bertz CT molecular complexity index is 744. The Kier molecular flexibility index (Phi) is 7.82. The number of nitrogens with one attached hydrogen (secondary N) is 2. The van der Waals surface area contributed by atoms with Gasteiger partial charge in [0.25, 0.3) is 5.91 Å². The minimum absolute atomic E-state index is 0.0679. The number of hydrogen-bond donors (Lipinski definition) is 2. The standard InChI is InChI=1S/C19H22N2O4S/c1-25-15-6-2-5-14(13-15)19(24)21-11-10-20-18(23)9-3-7-16(22)17-8-4-12-26-17/h2,4-6,8,12-13H,3,7,9-11H2,1H3,(H,20,23)(H,21,24). The van der Waals surface area contributed by atoms with Crippen LogP contribution in [0.4, 0.5) is 0 Å². The second-order valence-electron chi connectivity index (χ2n) is 5.59. The predicted molar refractivity (Wildman–Crippen MR) is 101 cm³/mol. The number of ether oxygens (including phenoxy) is 1. The van der Waals surface area contributed by atoms with Crippen molar-refractivity contribution in [3.8, 4) is 5.75 Å². The average Bonchev–Trinajstić information content (AvgIpc) is 3.20. The molecule has 0 atom stereocenters. The Labute approximate surface area is 156 Å². The third-order valence-electron chi connectivity index (χ3n) is 3.67. The number of Topliss-reactive ketones (excluding diaryl/α,β-unsaturated/α-hetero) is 1. The lowest BCUT2D eigenvalue weighted by atomic mass is 10.1. The number of rotatable bonds is 10. The maximum atomic E-state index is 12.0. The van der Waals surface area contributed by atoms with Crippen molar-refractivity contribution < 1.29 is 19.1 Å². The summed E-state index contributed by atoms with van der Waals surface area (Å²) in [5.74, 6) is 0.334. The van der Waals surface area contributed by atoms with Crippen LogP contribution in [-0.2, 0) is 4.79 Å². The van der Waals surface area contributed by atoms with Crippen molar-refractivity contribution in [1.82, 2.24) is 10.6 Å². The Morgan fingerprint density at radius 2 is 1.85 bits per heavy atom. The lowest BCUT2D eigenvalue weighted by Gasteiger charge is -2.08. The molecule has 0 bridgehead atoms. The maximum Gasteiger partial charge on any atom is 0.251 e. The molecule has 0 spiro atoms. The molecule has 0 saturated carbocycles. The highest BCUT2D eigenvalue weighted by Gasteiger charge is 2.09. The quantitative estimate of drug-likeness (QED) is 0.495. The topological polar surface area (TPSA) is 84.5 Å². The number of amides is 2. The molecule has 6 nitrogen and oxygen atoms in total. The van der Waals surface area contributed by atoms with Gasteiger partial charge in [0.15, 0.2) is 5.78 Å². The fourth-order valence-corrected chi connectivity index (χ4v) is 3.00. The molecule has 0 aliphatic rings. The van der Waals surface area contributed by atoms with Gasteiger partial charge < -0.3 is 15.4 Å². The highest BCUT2D eigenvalue weighted by Crippen LogP contribution is 2.13. The third-order valence-corrected chi connectivity index (χ3v) is 4.58. The Hall–Kier alpha value is -2.67. The van der Waals surface area contributed by atoms with Crippen LogP contribution in [0.3, 0.4) is 0 Å². The fraction of sp³-hybridized carbons (Fsp3) is 0.316. The van der Waals surface area contributed by atoms with E-state index in [9.17, 15) is 14.4 Å². The summed E-state index contributed by atoms with van der Waals surface area (Å²) in [6.45, 7) is 0.670. The second kappa shape index (κ2) is 10.4. The molecule has 2 N–H and O–H groups in total. The van der Waals surface area contributed by atoms with Gasteiger partial charge >= 0.3 is 0 Å². The molecule has 0 saturated heterocycles. The van der Waals surface area contributed by atoms with E-state index in [0.717, 1.165) is 4.88 Å². The van der Waals surface area contributed by atoms with E-state index in [2.05, 4.69) is 10.6 Å². The van der Waals surface area contributed by atoms with Crippen molar-refractivity contribution in [2.75, 3.05) is 20.2 Å². The van der Waals surface area contributed by atoms with Gasteiger partial charge in [-0.05, 0) is 36.1 Å². The Morgan fingerprint density at radius 1 is 1.04 bits per heavy atom. The summed E-state index contributed by atoms with van der Waals surface area (Å²) >= 11 is 1.41. The lowest BCUT2D eigenvalue weighted by Crippen LogP contribution is -2.34. The smallest absolute Gasteiger partial charge is 0.251 e. The van der Waals surface area contributed by atoms with Crippen molar-refractivity contribution in [3.63, 3.8) is 0 Å². The van der Waals surface area contributed by atoms with E-state index >= 15 is 0 Å². The summed E-state index contributed by atoms with van der Waals surface area (Å²) < 4.78 is 5.08. The van der Waals surface area contributed by atoms with E-state index in [-0.39, 0.29) is 17.6 Å². The fourth-order valence-electron chi connectivity index (χ4n) is 2.30. The number of ketones is 1. The first kappa shape index (κ1) is 19.7. The molecular weight excluding hydrogens is 352 g/mol. The molecule has 1 aromatic carbocycles. The van der Waals surface area contributed by atoms with E-state index < -0.39 is 0 Å². The van der Waals surface area contributed by atoms with Gasteiger partial charge in [-0.2, -0.15) is 0 Å². The summed E-state index contributed by atoms with van der Waals surface area (Å²) in [4.78, 5) is 36.3. The summed E-state index contributed by atoms with van der Waals surface area (Å²) in [7, 11) is 1.54. The molecule has 0 fully saturated rings. The van der Waals surface area contributed by atoms with Crippen LogP contribution in [0.1, 0.15) is 39.3 Å². The average molecular weight is 374 g/mol. The molecular formula is C19H22N2O4S. The van der Waals surface area contributed by atoms with Crippen molar-refractivity contribution in [2.24, 2.45) is 0 Å². The highest BCUT2D eigenvalue weighted by molar-refractivity contribution is 7.12. The molecule has 7 heteroatoms. The van der Waals surface area contributed by atoms with Gasteiger partial charge in [-0.15, -0.1) is 11.3 Å². The molecule has 0 aliphatic heterocycles. The molecule has 138 valence electrons. The number of benzene rings is 1. The third kappa shape index (κ3) is 6.33. The van der Waals surface area contributed by atoms with Crippen LogP contribution in [0.2, 0.25) is 0 Å². The highest BCUT2D eigenvalue weighted by atomic mass is 32.1. The van der Waals surface area contributed by atoms with E-state index in [0.29, 0.717) is 43.7 Å². The molecule has 0 radical (unpaired) electrons. The molecule has 0 aliphatic carbocycles. The van der Waals surface area contributed by atoms with Gasteiger partial charge in [0, 0.05) is 31.5 Å². The zero-order valence-electron chi connectivity index (χ0n) is 14.6. The van der Waals surface area contributed by atoms with E-state index in [1.165, 1.54) is 11.3 Å².